The predicted octanol–water partition coefficient (Wildman–Crippen LogP) is -1.30. The number of likely N-dealkylation sites (N-methyl/N-ethyl adjacent to an activating group) is 1. The van der Waals surface area contributed by atoms with E-state index in [0.29, 0.717) is 0 Å². The van der Waals surface area contributed by atoms with Gasteiger partial charge in [-0.3, -0.25) is 14.5 Å². The van der Waals surface area contributed by atoms with Gasteiger partial charge in [0.15, 0.2) is 0 Å². The Labute approximate surface area is 52.6 Å². The van der Waals surface area contributed by atoms with Crippen LogP contribution in [-0.2, 0) is 9.59 Å². The number of hydrogen-bond acceptors (Lipinski definition) is 3. The van der Waals surface area contributed by atoms with Crippen LogP contribution in [0.4, 0.5) is 0 Å². The molecule has 50 valence electrons. The molecule has 1 atom stereocenters. The Morgan fingerprint density at radius 2 is 2.22 bits per heavy atom. The number of nitrogens with zero attached hydrogens (tertiary/aromatic N) is 1. The van der Waals surface area contributed by atoms with Crippen LogP contribution in [0.3, 0.4) is 0 Å². The SMILES string of the molecule is CN1C(=O)CC(N)C1=O. The highest BCUT2D eigenvalue weighted by Crippen LogP contribution is 2.06. The summed E-state index contributed by atoms with van der Waals surface area (Å²) in [6.45, 7) is 0. The quantitative estimate of drug-likeness (QED) is 0.412. The molecule has 0 radical (unpaired) electrons. The van der Waals surface area contributed by atoms with Crippen LogP contribution < -0.4 is 5.73 Å². The van der Waals surface area contributed by atoms with Gasteiger partial charge in [-0.05, 0) is 0 Å². The number of amides is 2. The molecule has 0 saturated carbocycles. The Morgan fingerprint density at radius 3 is 2.33 bits per heavy atom. The maximum Gasteiger partial charge on any atom is 0.246 e. The molecule has 1 aliphatic heterocycles. The van der Waals surface area contributed by atoms with Gasteiger partial charge in [0.1, 0.15) is 0 Å². The summed E-state index contributed by atoms with van der Waals surface area (Å²) < 4.78 is 0. The highest BCUT2D eigenvalue weighted by Gasteiger charge is 2.32. The van der Waals surface area contributed by atoms with Crippen LogP contribution in [0.15, 0.2) is 0 Å². The average molecular weight is 128 g/mol. The van der Waals surface area contributed by atoms with Gasteiger partial charge in [0, 0.05) is 7.05 Å². The molecule has 4 heteroatoms. The van der Waals surface area contributed by atoms with E-state index in [1.165, 1.54) is 7.05 Å². The second kappa shape index (κ2) is 1.80. The Morgan fingerprint density at radius 1 is 1.67 bits per heavy atom. The molecule has 0 aromatic rings. The van der Waals surface area contributed by atoms with Gasteiger partial charge in [-0.15, -0.1) is 0 Å². The molecule has 1 unspecified atom stereocenters. The van der Waals surface area contributed by atoms with Crippen molar-refractivity contribution in [1.82, 2.24) is 4.90 Å². The van der Waals surface area contributed by atoms with Crippen LogP contribution >= 0.6 is 0 Å². The zero-order chi connectivity index (χ0) is 7.02. The summed E-state index contributed by atoms with van der Waals surface area (Å²) in [5.74, 6) is -0.465. The maximum absolute atomic E-state index is 10.7. The molecule has 1 heterocycles. The van der Waals surface area contributed by atoms with Crippen molar-refractivity contribution < 1.29 is 9.59 Å². The van der Waals surface area contributed by atoms with Crippen molar-refractivity contribution in [1.29, 1.82) is 0 Å². The molecule has 0 bridgehead atoms. The van der Waals surface area contributed by atoms with Crippen LogP contribution in [0.2, 0.25) is 0 Å². The van der Waals surface area contributed by atoms with Crippen molar-refractivity contribution in [3.05, 3.63) is 0 Å². The van der Waals surface area contributed by atoms with Gasteiger partial charge in [0.2, 0.25) is 11.8 Å². The molecule has 1 saturated heterocycles. The number of carbonyl (C=O) groups is 2. The Hall–Kier alpha value is -0.900. The van der Waals surface area contributed by atoms with Crippen LogP contribution in [0.1, 0.15) is 6.42 Å². The highest BCUT2D eigenvalue weighted by molar-refractivity contribution is 6.05. The summed E-state index contributed by atoms with van der Waals surface area (Å²) in [5, 5.41) is 0. The molecule has 9 heavy (non-hydrogen) atoms. The number of imide groups is 1. The van der Waals surface area contributed by atoms with Crippen molar-refractivity contribution in [2.24, 2.45) is 5.73 Å². The van der Waals surface area contributed by atoms with Crippen molar-refractivity contribution in [2.75, 3.05) is 7.05 Å². The van der Waals surface area contributed by atoms with Gasteiger partial charge in [-0.1, -0.05) is 0 Å². The van der Waals surface area contributed by atoms with Gasteiger partial charge in [0.05, 0.1) is 12.5 Å². The van der Waals surface area contributed by atoms with E-state index in [1.807, 2.05) is 0 Å². The van der Waals surface area contributed by atoms with E-state index in [-0.39, 0.29) is 18.2 Å². The van der Waals surface area contributed by atoms with E-state index < -0.39 is 6.04 Å². The van der Waals surface area contributed by atoms with Crippen LogP contribution in [0.25, 0.3) is 0 Å². The van der Waals surface area contributed by atoms with Crippen LogP contribution in [0, 0.1) is 0 Å². The highest BCUT2D eigenvalue weighted by atomic mass is 16.2. The minimum atomic E-state index is -0.595. The Bertz CT molecular complexity index is 166. The molecular formula is C5H8N2O2. The van der Waals surface area contributed by atoms with E-state index in [9.17, 15) is 9.59 Å². The first kappa shape index (κ1) is 6.22. The number of carbonyl (C=O) groups excluding carboxylic acids is 2. The van der Waals surface area contributed by atoms with Crippen molar-refractivity contribution >= 4 is 11.8 Å². The normalized spacial score (nSPS) is 27.8. The van der Waals surface area contributed by atoms with Crippen molar-refractivity contribution in [2.45, 2.75) is 12.5 Å². The minimum Gasteiger partial charge on any atom is -0.319 e. The van der Waals surface area contributed by atoms with Gasteiger partial charge in [-0.2, -0.15) is 0 Å². The summed E-state index contributed by atoms with van der Waals surface area (Å²) in [4.78, 5) is 22.4. The van der Waals surface area contributed by atoms with E-state index in [1.54, 1.807) is 0 Å². The number of hydrogen-bond donors (Lipinski definition) is 1. The molecule has 2 N–H and O–H groups in total. The lowest BCUT2D eigenvalue weighted by atomic mass is 10.3. The number of nitrogens with two attached hydrogens (primary N) is 1. The summed E-state index contributed by atoms with van der Waals surface area (Å²) in [6.07, 6.45) is 0.162. The largest absolute Gasteiger partial charge is 0.319 e. The maximum atomic E-state index is 10.7. The summed E-state index contributed by atoms with van der Waals surface area (Å²) in [5.41, 5.74) is 5.25. The first-order valence-electron chi connectivity index (χ1n) is 2.69. The Balaban J connectivity index is 2.77. The lowest BCUT2D eigenvalue weighted by Gasteiger charge is -2.03. The molecule has 1 fully saturated rings. The minimum absolute atomic E-state index is 0.162. The van der Waals surface area contributed by atoms with Crippen molar-refractivity contribution in [3.8, 4) is 0 Å². The van der Waals surface area contributed by atoms with Crippen LogP contribution in [0.5, 0.6) is 0 Å². The topological polar surface area (TPSA) is 63.4 Å². The first-order valence-corrected chi connectivity index (χ1v) is 2.69. The second-order valence-corrected chi connectivity index (χ2v) is 2.10. The molecule has 1 rings (SSSR count). The smallest absolute Gasteiger partial charge is 0.246 e. The van der Waals surface area contributed by atoms with E-state index >= 15 is 0 Å². The monoisotopic (exact) mass is 128 g/mol. The van der Waals surface area contributed by atoms with Gasteiger partial charge >= 0.3 is 0 Å². The fourth-order valence-electron chi connectivity index (χ4n) is 0.784. The van der Waals surface area contributed by atoms with E-state index in [4.69, 9.17) is 5.73 Å². The molecule has 2 amide bonds. The lowest BCUT2D eigenvalue weighted by molar-refractivity contribution is -0.136. The molecule has 0 aromatic heterocycles. The summed E-state index contributed by atoms with van der Waals surface area (Å²) in [7, 11) is 1.44. The molecule has 0 aliphatic carbocycles. The fraction of sp³-hybridized carbons (Fsp3) is 0.600. The third kappa shape index (κ3) is 0.810. The van der Waals surface area contributed by atoms with E-state index in [0.717, 1.165) is 4.90 Å². The van der Waals surface area contributed by atoms with Gasteiger partial charge in [-0.25, -0.2) is 0 Å². The van der Waals surface area contributed by atoms with Gasteiger partial charge in [0.25, 0.3) is 0 Å². The first-order chi connectivity index (χ1) is 4.13. The molecule has 1 aliphatic rings. The Kier molecular flexibility index (Phi) is 1.25. The molecule has 4 nitrogen and oxygen atoms in total. The molecule has 0 aromatic carbocycles. The zero-order valence-electron chi connectivity index (χ0n) is 5.13. The standard InChI is InChI=1S/C5H8N2O2/c1-7-4(8)2-3(6)5(7)9/h3H,2,6H2,1H3. The van der Waals surface area contributed by atoms with E-state index in [2.05, 4.69) is 0 Å². The van der Waals surface area contributed by atoms with Gasteiger partial charge < -0.3 is 5.73 Å². The average Bonchev–Trinajstić information content (AvgIpc) is 1.98. The zero-order valence-corrected chi connectivity index (χ0v) is 5.13. The molecular weight excluding hydrogens is 120 g/mol. The third-order valence-corrected chi connectivity index (χ3v) is 1.42. The lowest BCUT2D eigenvalue weighted by Crippen LogP contribution is -2.32. The fourth-order valence-corrected chi connectivity index (χ4v) is 0.784. The van der Waals surface area contributed by atoms with Crippen molar-refractivity contribution in [3.63, 3.8) is 0 Å². The van der Waals surface area contributed by atoms with Crippen LogP contribution in [-0.4, -0.2) is 29.8 Å². The second-order valence-electron chi connectivity index (χ2n) is 2.10. The molecule has 0 spiro atoms. The summed E-state index contributed by atoms with van der Waals surface area (Å²) in [6, 6.07) is -0.595. The number of rotatable bonds is 0. The third-order valence-electron chi connectivity index (χ3n) is 1.42. The summed E-state index contributed by atoms with van der Waals surface area (Å²) >= 11 is 0. The predicted molar refractivity (Wildman–Crippen MR) is 30.4 cm³/mol. The number of likely N-dealkylation sites (tertiary alicyclic amines) is 1.